The molecule has 0 spiro atoms. The lowest BCUT2D eigenvalue weighted by molar-refractivity contribution is 0.372. The smallest absolute Gasteiger partial charge is 0.116 e. The highest BCUT2D eigenvalue weighted by molar-refractivity contribution is 4.87. The Labute approximate surface area is 36.3 Å². The lowest BCUT2D eigenvalue weighted by Gasteiger charge is -1.97. The van der Waals surface area contributed by atoms with Crippen molar-refractivity contribution in [2.45, 2.75) is 6.17 Å². The van der Waals surface area contributed by atoms with Gasteiger partial charge in [0.15, 0.2) is 0 Å². The number of aliphatic hydroxyl groups excluding tert-OH is 1. The molecule has 36 valence electrons. The predicted molar refractivity (Wildman–Crippen MR) is 23.9 cm³/mol. The monoisotopic (exact) mass is 88.1 g/mol. The van der Waals surface area contributed by atoms with E-state index in [4.69, 9.17) is 16.6 Å². The number of hydrogen-bond donors (Lipinski definition) is 3. The summed E-state index contributed by atoms with van der Waals surface area (Å²) < 4.78 is 0. The van der Waals surface area contributed by atoms with Crippen molar-refractivity contribution in [1.29, 1.82) is 0 Å². The maximum Gasteiger partial charge on any atom is 0.116 e. The van der Waals surface area contributed by atoms with E-state index in [1.54, 1.807) is 0 Å². The van der Waals surface area contributed by atoms with Crippen LogP contribution in [0.5, 0.6) is 0 Å². The second-order valence-corrected chi connectivity index (χ2v) is 1.02. The van der Waals surface area contributed by atoms with E-state index in [-0.39, 0.29) is 5.76 Å². The Bertz CT molecular complexity index is 59.8. The molecule has 5 N–H and O–H groups in total. The third kappa shape index (κ3) is 1.75. The molecule has 6 heavy (non-hydrogen) atoms. The lowest BCUT2D eigenvalue weighted by atomic mass is 10.5. The molecular formula is C3H8N2O. The SMILES string of the molecule is C=C(O)C(N)N. The van der Waals surface area contributed by atoms with E-state index >= 15 is 0 Å². The molecule has 0 unspecified atom stereocenters. The van der Waals surface area contributed by atoms with Crippen LogP contribution < -0.4 is 11.5 Å². The van der Waals surface area contributed by atoms with Gasteiger partial charge < -0.3 is 16.6 Å². The third-order valence-corrected chi connectivity index (χ3v) is 0.385. The van der Waals surface area contributed by atoms with Crippen LogP contribution in [-0.2, 0) is 0 Å². The van der Waals surface area contributed by atoms with E-state index in [0.717, 1.165) is 0 Å². The first-order valence-electron chi connectivity index (χ1n) is 1.53. The van der Waals surface area contributed by atoms with Crippen LogP contribution in [-0.4, -0.2) is 11.3 Å². The molecule has 0 radical (unpaired) electrons. The predicted octanol–water partition coefficient (Wildman–Crippen LogP) is -0.698. The molecule has 0 fully saturated rings. The fourth-order valence-electron chi connectivity index (χ4n) is 0. The van der Waals surface area contributed by atoms with Gasteiger partial charge in [0.2, 0.25) is 0 Å². The van der Waals surface area contributed by atoms with E-state index < -0.39 is 6.17 Å². The summed E-state index contributed by atoms with van der Waals surface area (Å²) in [5.74, 6) is -0.185. The molecule has 0 rings (SSSR count). The van der Waals surface area contributed by atoms with Crippen LogP contribution >= 0.6 is 0 Å². The van der Waals surface area contributed by atoms with Gasteiger partial charge in [0.25, 0.3) is 0 Å². The first-order valence-corrected chi connectivity index (χ1v) is 1.53. The first-order chi connectivity index (χ1) is 2.64. The molecule has 0 aromatic heterocycles. The second kappa shape index (κ2) is 1.79. The normalized spacial score (nSPS) is 9.17. The highest BCUT2D eigenvalue weighted by Gasteiger charge is 1.91. The quantitative estimate of drug-likeness (QED) is 0.293. The first kappa shape index (κ1) is 5.46. The minimum Gasteiger partial charge on any atom is -0.510 e. The average molecular weight is 88.1 g/mol. The van der Waals surface area contributed by atoms with Crippen molar-refractivity contribution >= 4 is 0 Å². The molecule has 0 aliphatic heterocycles. The summed E-state index contributed by atoms with van der Waals surface area (Å²) in [7, 11) is 0. The van der Waals surface area contributed by atoms with Crippen molar-refractivity contribution < 1.29 is 5.11 Å². The Kier molecular flexibility index (Phi) is 1.63. The molecule has 0 saturated heterocycles. The van der Waals surface area contributed by atoms with Crippen LogP contribution in [0.4, 0.5) is 0 Å². The summed E-state index contributed by atoms with van der Waals surface area (Å²) >= 11 is 0. The van der Waals surface area contributed by atoms with E-state index in [9.17, 15) is 0 Å². The highest BCUT2D eigenvalue weighted by atomic mass is 16.3. The summed E-state index contributed by atoms with van der Waals surface area (Å²) in [5, 5.41) is 8.19. The van der Waals surface area contributed by atoms with Crippen LogP contribution in [0.25, 0.3) is 0 Å². The molecule has 0 aromatic carbocycles. The van der Waals surface area contributed by atoms with Crippen LogP contribution in [0.3, 0.4) is 0 Å². The van der Waals surface area contributed by atoms with E-state index in [1.807, 2.05) is 0 Å². The zero-order chi connectivity index (χ0) is 5.15. The van der Waals surface area contributed by atoms with E-state index in [2.05, 4.69) is 6.58 Å². The van der Waals surface area contributed by atoms with Gasteiger partial charge in [0.1, 0.15) is 11.9 Å². The average Bonchev–Trinajstić information content (AvgIpc) is 1.36. The van der Waals surface area contributed by atoms with Gasteiger partial charge in [-0.15, -0.1) is 0 Å². The largest absolute Gasteiger partial charge is 0.510 e. The minimum absolute atomic E-state index is 0.185. The zero-order valence-electron chi connectivity index (χ0n) is 3.39. The van der Waals surface area contributed by atoms with Gasteiger partial charge in [0, 0.05) is 0 Å². The molecule has 0 amide bonds. The Hall–Kier alpha value is -0.540. The Balaban J connectivity index is 3.26. The van der Waals surface area contributed by atoms with Gasteiger partial charge >= 0.3 is 0 Å². The molecule has 0 heterocycles. The highest BCUT2D eigenvalue weighted by Crippen LogP contribution is 1.76. The molecule has 0 atom stereocenters. The second-order valence-electron chi connectivity index (χ2n) is 1.02. The summed E-state index contributed by atoms with van der Waals surface area (Å²) in [4.78, 5) is 0. The van der Waals surface area contributed by atoms with Crippen LogP contribution in [0.1, 0.15) is 0 Å². The standard InChI is InChI=1S/C3H8N2O/c1-2(6)3(4)5/h3,6H,1,4-5H2. The molecule has 0 aromatic rings. The number of hydrogen-bond acceptors (Lipinski definition) is 3. The van der Waals surface area contributed by atoms with Crippen molar-refractivity contribution in [3.63, 3.8) is 0 Å². The van der Waals surface area contributed by atoms with Crippen molar-refractivity contribution in [2.24, 2.45) is 11.5 Å². The van der Waals surface area contributed by atoms with E-state index in [1.165, 1.54) is 0 Å². The zero-order valence-corrected chi connectivity index (χ0v) is 3.39. The molecule has 3 heteroatoms. The van der Waals surface area contributed by atoms with Gasteiger partial charge in [-0.3, -0.25) is 0 Å². The number of rotatable bonds is 1. The van der Waals surface area contributed by atoms with Gasteiger partial charge in [-0.2, -0.15) is 0 Å². The number of nitrogens with two attached hydrogens (primary N) is 2. The molecule has 0 aliphatic carbocycles. The molecule has 0 saturated carbocycles. The van der Waals surface area contributed by atoms with Crippen molar-refractivity contribution in [3.05, 3.63) is 12.3 Å². The van der Waals surface area contributed by atoms with Crippen molar-refractivity contribution in [2.75, 3.05) is 0 Å². The van der Waals surface area contributed by atoms with Crippen molar-refractivity contribution in [3.8, 4) is 0 Å². The summed E-state index contributed by atoms with van der Waals surface area (Å²) in [5.41, 5.74) is 9.73. The van der Waals surface area contributed by atoms with Crippen LogP contribution in [0, 0.1) is 0 Å². The Morgan fingerprint density at radius 3 is 1.83 bits per heavy atom. The van der Waals surface area contributed by atoms with Gasteiger partial charge in [-0.05, 0) is 0 Å². The third-order valence-electron chi connectivity index (χ3n) is 0.385. The molecule has 0 bridgehead atoms. The summed E-state index contributed by atoms with van der Waals surface area (Å²) in [6.07, 6.45) is -0.787. The minimum atomic E-state index is -0.787. The molecule has 0 aliphatic rings. The number of aliphatic hydroxyl groups is 1. The Morgan fingerprint density at radius 2 is 1.83 bits per heavy atom. The van der Waals surface area contributed by atoms with Crippen molar-refractivity contribution in [1.82, 2.24) is 0 Å². The maximum atomic E-state index is 8.19. The van der Waals surface area contributed by atoms with Crippen LogP contribution in [0.15, 0.2) is 12.3 Å². The summed E-state index contributed by atoms with van der Waals surface area (Å²) in [6, 6.07) is 0. The maximum absolute atomic E-state index is 8.19. The fraction of sp³-hybridized carbons (Fsp3) is 0.333. The van der Waals surface area contributed by atoms with Gasteiger partial charge in [-0.1, -0.05) is 6.58 Å². The van der Waals surface area contributed by atoms with Gasteiger partial charge in [-0.25, -0.2) is 0 Å². The lowest BCUT2D eigenvalue weighted by Crippen LogP contribution is -2.31. The van der Waals surface area contributed by atoms with Gasteiger partial charge in [0.05, 0.1) is 0 Å². The van der Waals surface area contributed by atoms with E-state index in [0.29, 0.717) is 0 Å². The van der Waals surface area contributed by atoms with Crippen LogP contribution in [0.2, 0.25) is 0 Å². The molecular weight excluding hydrogens is 80.0 g/mol. The summed E-state index contributed by atoms with van der Waals surface area (Å²) in [6.45, 7) is 3.06. The fourth-order valence-corrected chi connectivity index (χ4v) is 0. The Morgan fingerprint density at radius 1 is 1.67 bits per heavy atom. The molecule has 3 nitrogen and oxygen atoms in total. The topological polar surface area (TPSA) is 72.3 Å².